The SMILES string of the molecule is Nc1cc(Cl)ccc1-c1nc(O)cc(=O)[nH]1. The lowest BCUT2D eigenvalue weighted by Crippen LogP contribution is -2.07. The van der Waals surface area contributed by atoms with Crippen LogP contribution >= 0.6 is 11.6 Å². The lowest BCUT2D eigenvalue weighted by Gasteiger charge is -2.05. The van der Waals surface area contributed by atoms with E-state index in [9.17, 15) is 9.90 Å². The van der Waals surface area contributed by atoms with Crippen LogP contribution in [0.15, 0.2) is 29.1 Å². The Morgan fingerprint density at radius 1 is 1.38 bits per heavy atom. The fraction of sp³-hybridized carbons (Fsp3) is 0. The number of anilines is 1. The number of benzene rings is 1. The van der Waals surface area contributed by atoms with Crippen LogP contribution < -0.4 is 11.3 Å². The molecule has 4 N–H and O–H groups in total. The Morgan fingerprint density at radius 2 is 2.12 bits per heavy atom. The fourth-order valence-electron chi connectivity index (χ4n) is 1.32. The van der Waals surface area contributed by atoms with Crippen molar-refractivity contribution in [2.24, 2.45) is 0 Å². The van der Waals surface area contributed by atoms with Crippen molar-refractivity contribution in [2.45, 2.75) is 0 Å². The molecule has 0 bridgehead atoms. The number of rotatable bonds is 1. The normalized spacial score (nSPS) is 10.3. The molecule has 0 amide bonds. The standard InChI is InChI=1S/C10H8ClN3O2/c11-5-1-2-6(7(12)3-5)10-13-8(15)4-9(16)14-10/h1-4H,12H2,(H2,13,14,15,16). The minimum atomic E-state index is -0.447. The molecule has 0 saturated heterocycles. The summed E-state index contributed by atoms with van der Waals surface area (Å²) in [6.45, 7) is 0. The Bertz CT molecular complexity index is 595. The molecule has 2 aromatic rings. The smallest absolute Gasteiger partial charge is 0.254 e. The average Bonchev–Trinajstić information content (AvgIpc) is 2.15. The highest BCUT2D eigenvalue weighted by atomic mass is 35.5. The van der Waals surface area contributed by atoms with E-state index in [0.29, 0.717) is 16.3 Å². The molecule has 0 atom stereocenters. The molecule has 1 aromatic carbocycles. The number of halogens is 1. The molecule has 0 spiro atoms. The number of hydrogen-bond acceptors (Lipinski definition) is 4. The van der Waals surface area contributed by atoms with Crippen molar-refractivity contribution in [3.8, 4) is 17.3 Å². The molecule has 82 valence electrons. The number of nitrogens with zero attached hydrogens (tertiary/aromatic N) is 1. The van der Waals surface area contributed by atoms with E-state index in [1.54, 1.807) is 18.2 Å². The summed E-state index contributed by atoms with van der Waals surface area (Å²) in [5.74, 6) is -0.146. The Labute approximate surface area is 95.5 Å². The molecule has 0 radical (unpaired) electrons. The van der Waals surface area contributed by atoms with Crippen molar-refractivity contribution < 1.29 is 5.11 Å². The third kappa shape index (κ3) is 1.99. The Balaban J connectivity index is 2.63. The maximum atomic E-state index is 11.1. The highest BCUT2D eigenvalue weighted by Gasteiger charge is 2.07. The Hall–Kier alpha value is -2.01. The number of nitrogens with one attached hydrogen (secondary N) is 1. The lowest BCUT2D eigenvalue weighted by molar-refractivity contribution is 0.452. The van der Waals surface area contributed by atoms with Gasteiger partial charge in [-0.1, -0.05) is 11.6 Å². The molecule has 1 aromatic heterocycles. The number of aromatic nitrogens is 2. The summed E-state index contributed by atoms with van der Waals surface area (Å²) in [7, 11) is 0. The van der Waals surface area contributed by atoms with Gasteiger partial charge in [-0.25, -0.2) is 0 Å². The van der Waals surface area contributed by atoms with Crippen molar-refractivity contribution in [3.63, 3.8) is 0 Å². The van der Waals surface area contributed by atoms with Crippen LogP contribution in [-0.2, 0) is 0 Å². The van der Waals surface area contributed by atoms with Crippen molar-refractivity contribution in [3.05, 3.63) is 39.6 Å². The van der Waals surface area contributed by atoms with Crippen LogP contribution in [-0.4, -0.2) is 15.1 Å². The third-order valence-electron chi connectivity index (χ3n) is 2.00. The van der Waals surface area contributed by atoms with Crippen LogP contribution in [0, 0.1) is 0 Å². The molecule has 2 rings (SSSR count). The van der Waals surface area contributed by atoms with Gasteiger partial charge in [0, 0.05) is 16.3 Å². The van der Waals surface area contributed by atoms with Gasteiger partial charge < -0.3 is 15.8 Å². The van der Waals surface area contributed by atoms with E-state index < -0.39 is 5.56 Å². The third-order valence-corrected chi connectivity index (χ3v) is 2.23. The largest absolute Gasteiger partial charge is 0.493 e. The summed E-state index contributed by atoms with van der Waals surface area (Å²) >= 11 is 5.75. The summed E-state index contributed by atoms with van der Waals surface area (Å²) in [4.78, 5) is 17.4. The monoisotopic (exact) mass is 237 g/mol. The first kappa shape index (κ1) is 10.5. The van der Waals surface area contributed by atoms with Gasteiger partial charge in [-0.2, -0.15) is 4.98 Å². The molecule has 0 aliphatic rings. The van der Waals surface area contributed by atoms with Gasteiger partial charge in [0.15, 0.2) is 0 Å². The predicted molar refractivity (Wildman–Crippen MR) is 61.4 cm³/mol. The molecular formula is C10H8ClN3O2. The molecule has 6 heteroatoms. The number of aromatic amines is 1. The van der Waals surface area contributed by atoms with Crippen molar-refractivity contribution in [2.75, 3.05) is 5.73 Å². The van der Waals surface area contributed by atoms with Crippen molar-refractivity contribution in [1.82, 2.24) is 9.97 Å². The van der Waals surface area contributed by atoms with Gasteiger partial charge in [-0.15, -0.1) is 0 Å². The second-order valence-electron chi connectivity index (χ2n) is 3.18. The van der Waals surface area contributed by atoms with Crippen LogP contribution in [0.3, 0.4) is 0 Å². The molecule has 1 heterocycles. The van der Waals surface area contributed by atoms with E-state index in [1.807, 2.05) is 0 Å². The highest BCUT2D eigenvalue weighted by molar-refractivity contribution is 6.31. The van der Waals surface area contributed by atoms with Gasteiger partial charge in [0.1, 0.15) is 5.82 Å². The second kappa shape index (κ2) is 3.86. The Morgan fingerprint density at radius 3 is 2.75 bits per heavy atom. The van der Waals surface area contributed by atoms with Gasteiger partial charge in [0.05, 0.1) is 6.07 Å². The van der Waals surface area contributed by atoms with E-state index in [-0.39, 0.29) is 11.7 Å². The van der Waals surface area contributed by atoms with Crippen LogP contribution in [0.1, 0.15) is 0 Å². The summed E-state index contributed by atoms with van der Waals surface area (Å²) in [5, 5.41) is 9.69. The molecule has 0 unspecified atom stereocenters. The number of aromatic hydroxyl groups is 1. The van der Waals surface area contributed by atoms with Crippen LogP contribution in [0.4, 0.5) is 5.69 Å². The molecule has 0 saturated carbocycles. The second-order valence-corrected chi connectivity index (χ2v) is 3.62. The van der Waals surface area contributed by atoms with Gasteiger partial charge in [-0.3, -0.25) is 4.79 Å². The predicted octanol–water partition coefficient (Wildman–Crippen LogP) is 1.38. The first-order chi connectivity index (χ1) is 7.56. The van der Waals surface area contributed by atoms with E-state index >= 15 is 0 Å². The quantitative estimate of drug-likeness (QED) is 0.654. The van der Waals surface area contributed by atoms with Gasteiger partial charge >= 0.3 is 0 Å². The summed E-state index contributed by atoms with van der Waals surface area (Å²) in [6.07, 6.45) is 0. The molecule has 16 heavy (non-hydrogen) atoms. The Kier molecular flexibility index (Phi) is 2.54. The van der Waals surface area contributed by atoms with Crippen LogP contribution in [0.2, 0.25) is 5.02 Å². The zero-order chi connectivity index (χ0) is 11.7. The van der Waals surface area contributed by atoms with Crippen LogP contribution in [0.5, 0.6) is 5.88 Å². The average molecular weight is 238 g/mol. The van der Waals surface area contributed by atoms with Gasteiger partial charge in [-0.05, 0) is 18.2 Å². The minimum absolute atomic E-state index is 0.208. The zero-order valence-corrected chi connectivity index (χ0v) is 8.82. The first-order valence-electron chi connectivity index (χ1n) is 4.42. The van der Waals surface area contributed by atoms with Gasteiger partial charge in [0.25, 0.3) is 5.56 Å². The lowest BCUT2D eigenvalue weighted by atomic mass is 10.1. The van der Waals surface area contributed by atoms with E-state index in [1.165, 1.54) is 0 Å². The van der Waals surface area contributed by atoms with E-state index in [4.69, 9.17) is 17.3 Å². The van der Waals surface area contributed by atoms with E-state index in [0.717, 1.165) is 6.07 Å². The molecule has 0 aliphatic heterocycles. The van der Waals surface area contributed by atoms with Crippen LogP contribution in [0.25, 0.3) is 11.4 Å². The number of nitrogens with two attached hydrogens (primary N) is 1. The summed E-state index contributed by atoms with van der Waals surface area (Å²) in [5.41, 5.74) is 6.17. The molecule has 5 nitrogen and oxygen atoms in total. The number of hydrogen-bond donors (Lipinski definition) is 3. The number of nitrogen functional groups attached to an aromatic ring is 1. The molecular weight excluding hydrogens is 230 g/mol. The topological polar surface area (TPSA) is 92.0 Å². The highest BCUT2D eigenvalue weighted by Crippen LogP contribution is 2.25. The van der Waals surface area contributed by atoms with E-state index in [2.05, 4.69) is 9.97 Å². The zero-order valence-electron chi connectivity index (χ0n) is 8.07. The molecule has 0 aliphatic carbocycles. The first-order valence-corrected chi connectivity index (χ1v) is 4.80. The molecule has 0 fully saturated rings. The van der Waals surface area contributed by atoms with Crippen molar-refractivity contribution >= 4 is 17.3 Å². The summed E-state index contributed by atoms with van der Waals surface area (Å²) < 4.78 is 0. The number of H-pyrrole nitrogens is 1. The van der Waals surface area contributed by atoms with Crippen molar-refractivity contribution in [1.29, 1.82) is 0 Å². The maximum absolute atomic E-state index is 11.1. The van der Waals surface area contributed by atoms with Gasteiger partial charge in [0.2, 0.25) is 5.88 Å². The minimum Gasteiger partial charge on any atom is -0.493 e. The summed E-state index contributed by atoms with van der Waals surface area (Å²) in [6, 6.07) is 5.77. The maximum Gasteiger partial charge on any atom is 0.254 e. The fourth-order valence-corrected chi connectivity index (χ4v) is 1.50.